The Morgan fingerprint density at radius 2 is 2.22 bits per heavy atom. The van der Waals surface area contributed by atoms with E-state index in [0.29, 0.717) is 18.1 Å². The molecule has 27 heavy (non-hydrogen) atoms. The molecule has 1 aliphatic heterocycles. The maximum atomic E-state index is 13.0. The first-order valence-corrected chi connectivity index (χ1v) is 9.16. The molecule has 7 nitrogen and oxygen atoms in total. The molecule has 2 N–H and O–H groups in total. The van der Waals surface area contributed by atoms with Gasteiger partial charge in [0.25, 0.3) is 0 Å². The summed E-state index contributed by atoms with van der Waals surface area (Å²) in [7, 11) is 1.28. The molecular weight excluding hydrogens is 344 g/mol. The van der Waals surface area contributed by atoms with Crippen LogP contribution in [0.3, 0.4) is 0 Å². The van der Waals surface area contributed by atoms with Gasteiger partial charge in [-0.05, 0) is 36.5 Å². The Kier molecular flexibility index (Phi) is 7.31. The van der Waals surface area contributed by atoms with Gasteiger partial charge in [-0.1, -0.05) is 26.7 Å². The number of carbonyl (C=O) groups is 2. The number of alkyl carbamates (subject to hydrolysis) is 1. The van der Waals surface area contributed by atoms with Crippen LogP contribution < -0.4 is 5.32 Å². The third-order valence-electron chi connectivity index (χ3n) is 4.36. The second-order valence-electron chi connectivity index (χ2n) is 6.63. The molecule has 0 radical (unpaired) electrons. The van der Waals surface area contributed by atoms with Crippen molar-refractivity contribution in [2.45, 2.75) is 52.1 Å². The van der Waals surface area contributed by atoms with Crippen molar-refractivity contribution in [2.24, 2.45) is 5.92 Å². The van der Waals surface area contributed by atoms with Crippen molar-refractivity contribution < 1.29 is 14.3 Å². The fourth-order valence-electron chi connectivity index (χ4n) is 2.99. The van der Waals surface area contributed by atoms with Crippen molar-refractivity contribution in [3.8, 4) is 23.7 Å². The van der Waals surface area contributed by atoms with E-state index in [1.165, 1.54) is 7.11 Å². The van der Waals surface area contributed by atoms with E-state index in [9.17, 15) is 9.59 Å². The van der Waals surface area contributed by atoms with E-state index in [1.807, 2.05) is 20.8 Å². The molecule has 1 aromatic heterocycles. The number of aromatic amines is 1. The minimum Gasteiger partial charge on any atom is -0.453 e. The van der Waals surface area contributed by atoms with Crippen LogP contribution in [0.1, 0.15) is 57.6 Å². The highest BCUT2D eigenvalue weighted by atomic mass is 16.5. The van der Waals surface area contributed by atoms with Crippen molar-refractivity contribution in [1.29, 1.82) is 0 Å². The number of rotatable bonds is 4. The van der Waals surface area contributed by atoms with Gasteiger partial charge in [-0.25, -0.2) is 9.78 Å². The summed E-state index contributed by atoms with van der Waals surface area (Å²) in [6.07, 6.45) is 3.50. The Labute approximate surface area is 160 Å². The largest absolute Gasteiger partial charge is 0.453 e. The number of amides is 2. The summed E-state index contributed by atoms with van der Waals surface area (Å²) in [5.41, 5.74) is 0.669. The molecule has 144 valence electrons. The molecule has 0 bridgehead atoms. The zero-order chi connectivity index (χ0) is 19.8. The third kappa shape index (κ3) is 5.27. The molecule has 1 fully saturated rings. The van der Waals surface area contributed by atoms with Gasteiger partial charge < -0.3 is 19.9 Å². The van der Waals surface area contributed by atoms with Crippen molar-refractivity contribution in [3.63, 3.8) is 0 Å². The minimum atomic E-state index is -0.642. The molecule has 2 rings (SSSR count). The number of hydrogen-bond acceptors (Lipinski definition) is 4. The summed E-state index contributed by atoms with van der Waals surface area (Å²) in [6.45, 7) is 6.37. The maximum Gasteiger partial charge on any atom is 0.407 e. The van der Waals surface area contributed by atoms with Gasteiger partial charge in [-0.3, -0.25) is 4.79 Å². The van der Waals surface area contributed by atoms with E-state index >= 15 is 0 Å². The maximum absolute atomic E-state index is 13.0. The first-order valence-electron chi connectivity index (χ1n) is 9.16. The monoisotopic (exact) mass is 370 g/mol. The van der Waals surface area contributed by atoms with Gasteiger partial charge in [0, 0.05) is 13.0 Å². The number of nitrogens with zero attached hydrogens (tertiary/aromatic N) is 2. The molecule has 7 heteroatoms. The van der Waals surface area contributed by atoms with E-state index in [0.717, 1.165) is 19.3 Å². The predicted octanol–water partition coefficient (Wildman–Crippen LogP) is 2.22. The zero-order valence-electron chi connectivity index (χ0n) is 16.3. The highest BCUT2D eigenvalue weighted by molar-refractivity contribution is 5.86. The summed E-state index contributed by atoms with van der Waals surface area (Å²) < 4.78 is 4.65. The molecule has 0 unspecified atom stereocenters. The lowest BCUT2D eigenvalue weighted by molar-refractivity contribution is -0.135. The molecule has 1 aromatic rings. The van der Waals surface area contributed by atoms with Gasteiger partial charge in [0.2, 0.25) is 5.91 Å². The molecule has 2 heterocycles. The highest BCUT2D eigenvalue weighted by Crippen LogP contribution is 2.31. The molecule has 2 atom stereocenters. The molecule has 0 aliphatic carbocycles. The molecule has 1 aliphatic rings. The van der Waals surface area contributed by atoms with Crippen molar-refractivity contribution in [1.82, 2.24) is 20.2 Å². The normalized spacial score (nSPS) is 16.8. The lowest BCUT2D eigenvalue weighted by Gasteiger charge is -2.29. The van der Waals surface area contributed by atoms with Crippen LogP contribution in [0.15, 0.2) is 6.20 Å². The average molecular weight is 370 g/mol. The smallest absolute Gasteiger partial charge is 0.407 e. The number of likely N-dealkylation sites (tertiary alicyclic amines) is 1. The molecule has 0 aromatic carbocycles. The third-order valence-corrected chi connectivity index (χ3v) is 4.36. The summed E-state index contributed by atoms with van der Waals surface area (Å²) in [5.74, 6) is 11.9. The number of H-pyrrole nitrogens is 1. The van der Waals surface area contributed by atoms with E-state index in [4.69, 9.17) is 0 Å². The number of carbonyl (C=O) groups excluding carboxylic acids is 2. The molecule has 0 spiro atoms. The predicted molar refractivity (Wildman–Crippen MR) is 101 cm³/mol. The quantitative estimate of drug-likeness (QED) is 0.796. The van der Waals surface area contributed by atoms with Crippen LogP contribution in [-0.2, 0) is 9.53 Å². The zero-order valence-corrected chi connectivity index (χ0v) is 16.3. The Morgan fingerprint density at radius 1 is 1.44 bits per heavy atom. The van der Waals surface area contributed by atoms with Crippen LogP contribution in [0.2, 0.25) is 0 Å². The van der Waals surface area contributed by atoms with Gasteiger partial charge in [0.1, 0.15) is 17.6 Å². The highest BCUT2D eigenvalue weighted by Gasteiger charge is 2.37. The first kappa shape index (κ1) is 20.4. The number of hydrogen-bond donors (Lipinski definition) is 2. The lowest BCUT2D eigenvalue weighted by atomic mass is 10.0. The fraction of sp³-hybridized carbons (Fsp3) is 0.550. The van der Waals surface area contributed by atoms with Crippen molar-refractivity contribution in [3.05, 3.63) is 17.7 Å². The number of ether oxygens (including phenoxy) is 1. The topological polar surface area (TPSA) is 87.3 Å². The van der Waals surface area contributed by atoms with Crippen molar-refractivity contribution >= 4 is 12.0 Å². The van der Waals surface area contributed by atoms with Crippen LogP contribution in [0.4, 0.5) is 4.79 Å². The summed E-state index contributed by atoms with van der Waals surface area (Å²) in [4.78, 5) is 34.0. The van der Waals surface area contributed by atoms with Gasteiger partial charge in [0.15, 0.2) is 0 Å². The number of methoxy groups -OCH3 is 1. The average Bonchev–Trinajstić information content (AvgIpc) is 3.31. The van der Waals surface area contributed by atoms with Gasteiger partial charge in [-0.2, -0.15) is 0 Å². The van der Waals surface area contributed by atoms with Gasteiger partial charge in [-0.15, -0.1) is 0 Å². The molecule has 0 saturated carbocycles. The lowest BCUT2D eigenvalue weighted by Crippen LogP contribution is -2.51. The van der Waals surface area contributed by atoms with Crippen LogP contribution in [0, 0.1) is 29.6 Å². The summed E-state index contributed by atoms with van der Waals surface area (Å²) in [6, 6.07) is -0.799. The molecular formula is C20H26N4O3. The SMILES string of the molecule is CCC#CC#Cc1cnc([C@@H]2CCCN2C(=O)[C@@H](NC(=O)OC)C(C)C)[nH]1. The second-order valence-corrected chi connectivity index (χ2v) is 6.63. The molecule has 2 amide bonds. The first-order chi connectivity index (χ1) is 13.0. The number of nitrogens with one attached hydrogen (secondary N) is 2. The Bertz CT molecular complexity index is 791. The Hall–Kier alpha value is -2.93. The van der Waals surface area contributed by atoms with Crippen LogP contribution in [0.25, 0.3) is 0 Å². The summed E-state index contributed by atoms with van der Waals surface area (Å²) >= 11 is 0. The van der Waals surface area contributed by atoms with E-state index in [-0.39, 0.29) is 17.9 Å². The van der Waals surface area contributed by atoms with E-state index < -0.39 is 12.1 Å². The van der Waals surface area contributed by atoms with Crippen LogP contribution in [0.5, 0.6) is 0 Å². The van der Waals surface area contributed by atoms with Crippen LogP contribution in [-0.4, -0.2) is 46.6 Å². The van der Waals surface area contributed by atoms with Gasteiger partial charge >= 0.3 is 6.09 Å². The Morgan fingerprint density at radius 3 is 2.89 bits per heavy atom. The minimum absolute atomic E-state index is 0.0620. The molecule has 1 saturated heterocycles. The van der Waals surface area contributed by atoms with E-state index in [1.54, 1.807) is 11.1 Å². The van der Waals surface area contributed by atoms with E-state index in [2.05, 4.69) is 43.7 Å². The number of aromatic nitrogens is 2. The van der Waals surface area contributed by atoms with Gasteiger partial charge in [0.05, 0.1) is 19.3 Å². The van der Waals surface area contributed by atoms with Crippen molar-refractivity contribution in [2.75, 3.05) is 13.7 Å². The number of imidazole rings is 1. The second kappa shape index (κ2) is 9.68. The standard InChI is InChI=1S/C20H26N4O3/c1-5-6-7-8-10-15-13-21-18(22-15)16-11-9-12-24(16)19(25)17(14(2)3)23-20(26)27-4/h13-14,16-17H,5,9,11-12H2,1-4H3,(H,21,22)(H,23,26)/t16-,17-/m0/s1. The summed E-state index contributed by atoms with van der Waals surface area (Å²) in [5, 5.41) is 2.64. The Balaban J connectivity index is 2.16. The van der Waals surface area contributed by atoms with Crippen LogP contribution >= 0.6 is 0 Å². The fourth-order valence-corrected chi connectivity index (χ4v) is 2.99.